The van der Waals surface area contributed by atoms with Gasteiger partial charge in [0.1, 0.15) is 0 Å². The lowest BCUT2D eigenvalue weighted by atomic mass is 10.0. The fraction of sp³-hybridized carbons (Fsp3) is 0.769. The fourth-order valence-corrected chi connectivity index (χ4v) is 2.70. The third kappa shape index (κ3) is 3.31. The Hall–Kier alpha value is -0.910. The van der Waals surface area contributed by atoms with Crippen LogP contribution in [-0.4, -0.2) is 59.4 Å². The van der Waals surface area contributed by atoms with E-state index in [0.717, 1.165) is 18.7 Å². The third-order valence-electron chi connectivity index (χ3n) is 3.86. The Morgan fingerprint density at radius 1 is 1.56 bits per heavy atom. The van der Waals surface area contributed by atoms with E-state index in [-0.39, 0.29) is 6.04 Å². The van der Waals surface area contributed by atoms with Crippen molar-refractivity contribution in [3.63, 3.8) is 0 Å². The minimum atomic E-state index is 0.0518. The van der Waals surface area contributed by atoms with E-state index < -0.39 is 0 Å². The lowest BCUT2D eigenvalue weighted by Gasteiger charge is -2.36. The first-order chi connectivity index (χ1) is 8.56. The van der Waals surface area contributed by atoms with Crippen molar-refractivity contribution in [2.45, 2.75) is 24.9 Å². The van der Waals surface area contributed by atoms with Gasteiger partial charge in [-0.2, -0.15) is 5.10 Å². The summed E-state index contributed by atoms with van der Waals surface area (Å²) in [5.74, 6) is 0. The summed E-state index contributed by atoms with van der Waals surface area (Å²) in [5, 5.41) is 4.18. The SMILES string of the molecule is CN1CCCC(N(C)CC(N)c2cnn(C)c2)C1. The highest BCUT2D eigenvalue weighted by Crippen LogP contribution is 2.16. The summed E-state index contributed by atoms with van der Waals surface area (Å²) < 4.78 is 1.81. The zero-order chi connectivity index (χ0) is 13.1. The summed E-state index contributed by atoms with van der Waals surface area (Å²) in [6, 6.07) is 0.683. The minimum Gasteiger partial charge on any atom is -0.323 e. The van der Waals surface area contributed by atoms with Gasteiger partial charge in [-0.05, 0) is 33.5 Å². The fourth-order valence-electron chi connectivity index (χ4n) is 2.70. The van der Waals surface area contributed by atoms with Crippen molar-refractivity contribution in [1.29, 1.82) is 0 Å². The van der Waals surface area contributed by atoms with E-state index in [4.69, 9.17) is 5.73 Å². The van der Waals surface area contributed by atoms with E-state index in [0.29, 0.717) is 6.04 Å². The molecule has 0 amide bonds. The summed E-state index contributed by atoms with van der Waals surface area (Å²) in [7, 11) is 6.30. The molecule has 2 heterocycles. The van der Waals surface area contributed by atoms with Gasteiger partial charge >= 0.3 is 0 Å². The molecule has 2 rings (SSSR count). The number of rotatable bonds is 4. The predicted octanol–water partition coefficient (Wildman–Crippen LogP) is 0.446. The molecule has 5 heteroatoms. The van der Waals surface area contributed by atoms with Gasteiger partial charge in [0.15, 0.2) is 0 Å². The Morgan fingerprint density at radius 3 is 2.94 bits per heavy atom. The molecular weight excluding hydrogens is 226 g/mol. The van der Waals surface area contributed by atoms with Crippen LogP contribution in [0.15, 0.2) is 12.4 Å². The smallest absolute Gasteiger partial charge is 0.0537 e. The summed E-state index contributed by atoms with van der Waals surface area (Å²) in [5.41, 5.74) is 7.36. The van der Waals surface area contributed by atoms with Crippen molar-refractivity contribution in [2.75, 3.05) is 33.7 Å². The van der Waals surface area contributed by atoms with Crippen LogP contribution in [0, 0.1) is 0 Å². The van der Waals surface area contributed by atoms with Crippen molar-refractivity contribution in [1.82, 2.24) is 19.6 Å². The standard InChI is InChI=1S/C13H25N5/c1-16-6-4-5-12(9-16)17(2)10-13(14)11-7-15-18(3)8-11/h7-8,12-13H,4-6,9-10,14H2,1-3H3. The molecule has 18 heavy (non-hydrogen) atoms. The minimum absolute atomic E-state index is 0.0518. The maximum Gasteiger partial charge on any atom is 0.0537 e. The van der Waals surface area contributed by atoms with Crippen LogP contribution < -0.4 is 5.73 Å². The molecule has 0 saturated carbocycles. The van der Waals surface area contributed by atoms with Crippen LogP contribution in [0.3, 0.4) is 0 Å². The van der Waals surface area contributed by atoms with Crippen LogP contribution in [0.25, 0.3) is 0 Å². The van der Waals surface area contributed by atoms with Crippen LogP contribution in [0.4, 0.5) is 0 Å². The molecule has 1 aliphatic heterocycles. The highest BCUT2D eigenvalue weighted by molar-refractivity contribution is 5.10. The third-order valence-corrected chi connectivity index (χ3v) is 3.86. The summed E-state index contributed by atoms with van der Waals surface area (Å²) in [6.45, 7) is 3.26. The topological polar surface area (TPSA) is 50.3 Å². The van der Waals surface area contributed by atoms with E-state index >= 15 is 0 Å². The van der Waals surface area contributed by atoms with Crippen molar-refractivity contribution in [3.05, 3.63) is 18.0 Å². The first kappa shape index (κ1) is 13.5. The van der Waals surface area contributed by atoms with E-state index in [2.05, 4.69) is 29.0 Å². The van der Waals surface area contributed by atoms with Crippen molar-refractivity contribution < 1.29 is 0 Å². The number of hydrogen-bond acceptors (Lipinski definition) is 4. The van der Waals surface area contributed by atoms with Gasteiger partial charge in [0.25, 0.3) is 0 Å². The van der Waals surface area contributed by atoms with Crippen molar-refractivity contribution in [2.24, 2.45) is 12.8 Å². The molecule has 5 nitrogen and oxygen atoms in total. The Labute approximate surface area is 110 Å². The molecule has 2 atom stereocenters. The highest BCUT2D eigenvalue weighted by Gasteiger charge is 2.22. The Morgan fingerprint density at radius 2 is 2.33 bits per heavy atom. The summed E-state index contributed by atoms with van der Waals surface area (Å²) in [6.07, 6.45) is 6.44. The molecule has 1 fully saturated rings. The van der Waals surface area contributed by atoms with E-state index in [1.807, 2.05) is 24.1 Å². The molecule has 0 aliphatic carbocycles. The molecule has 0 radical (unpaired) electrons. The van der Waals surface area contributed by atoms with Gasteiger partial charge in [0, 0.05) is 44.0 Å². The largest absolute Gasteiger partial charge is 0.323 e. The second kappa shape index (κ2) is 5.82. The van der Waals surface area contributed by atoms with Gasteiger partial charge in [-0.3, -0.25) is 4.68 Å². The lowest BCUT2D eigenvalue weighted by Crippen LogP contribution is -2.46. The zero-order valence-electron chi connectivity index (χ0n) is 11.7. The molecule has 0 aromatic carbocycles. The highest BCUT2D eigenvalue weighted by atomic mass is 15.2. The van der Waals surface area contributed by atoms with Gasteiger partial charge < -0.3 is 15.5 Å². The average Bonchev–Trinajstić information content (AvgIpc) is 2.76. The summed E-state index contributed by atoms with van der Waals surface area (Å²) >= 11 is 0. The van der Waals surface area contributed by atoms with Crippen LogP contribution in [0.5, 0.6) is 0 Å². The molecule has 1 aromatic heterocycles. The lowest BCUT2D eigenvalue weighted by molar-refractivity contribution is 0.129. The number of aromatic nitrogens is 2. The van der Waals surface area contributed by atoms with E-state index in [1.54, 1.807) is 0 Å². The average molecular weight is 251 g/mol. The molecule has 0 bridgehead atoms. The number of nitrogens with zero attached hydrogens (tertiary/aromatic N) is 4. The van der Waals surface area contributed by atoms with Crippen LogP contribution in [0.2, 0.25) is 0 Å². The first-order valence-electron chi connectivity index (χ1n) is 6.69. The number of nitrogens with two attached hydrogens (primary N) is 1. The molecule has 102 valence electrons. The van der Waals surface area contributed by atoms with Gasteiger partial charge in [-0.25, -0.2) is 0 Å². The number of aryl methyl sites for hydroxylation is 1. The predicted molar refractivity (Wildman–Crippen MR) is 73.3 cm³/mol. The van der Waals surface area contributed by atoms with Gasteiger partial charge in [0.05, 0.1) is 6.20 Å². The molecule has 2 N–H and O–H groups in total. The normalized spacial score (nSPS) is 23.5. The number of hydrogen-bond donors (Lipinski definition) is 1. The Kier molecular flexibility index (Phi) is 4.37. The van der Waals surface area contributed by atoms with Gasteiger partial charge in [0.2, 0.25) is 0 Å². The van der Waals surface area contributed by atoms with Crippen LogP contribution in [-0.2, 0) is 7.05 Å². The first-order valence-corrected chi connectivity index (χ1v) is 6.69. The molecular formula is C13H25N5. The van der Waals surface area contributed by atoms with Crippen molar-refractivity contribution in [3.8, 4) is 0 Å². The number of likely N-dealkylation sites (tertiary alicyclic amines) is 1. The number of piperidine rings is 1. The maximum atomic E-state index is 6.24. The summed E-state index contributed by atoms with van der Waals surface area (Å²) in [4.78, 5) is 4.80. The quantitative estimate of drug-likeness (QED) is 0.844. The van der Waals surface area contributed by atoms with Crippen LogP contribution in [0.1, 0.15) is 24.4 Å². The van der Waals surface area contributed by atoms with E-state index in [1.165, 1.54) is 19.4 Å². The molecule has 1 aromatic rings. The van der Waals surface area contributed by atoms with Gasteiger partial charge in [-0.15, -0.1) is 0 Å². The molecule has 0 spiro atoms. The van der Waals surface area contributed by atoms with Gasteiger partial charge in [-0.1, -0.05) is 0 Å². The maximum absolute atomic E-state index is 6.24. The van der Waals surface area contributed by atoms with Crippen LogP contribution >= 0.6 is 0 Å². The second-order valence-corrected chi connectivity index (χ2v) is 5.55. The van der Waals surface area contributed by atoms with Crippen molar-refractivity contribution >= 4 is 0 Å². The molecule has 1 saturated heterocycles. The Balaban J connectivity index is 1.88. The molecule has 1 aliphatic rings. The Bertz CT molecular complexity index is 375. The monoisotopic (exact) mass is 251 g/mol. The van der Waals surface area contributed by atoms with E-state index in [9.17, 15) is 0 Å². The zero-order valence-corrected chi connectivity index (χ0v) is 11.7. The number of likely N-dealkylation sites (N-methyl/N-ethyl adjacent to an activating group) is 2. The molecule has 2 unspecified atom stereocenters. The second-order valence-electron chi connectivity index (χ2n) is 5.55.